The smallest absolute Gasteiger partial charge is 0.0493 e. The molecule has 56 heavy (non-hydrogen) atoms. The Morgan fingerprint density at radius 1 is 0.339 bits per heavy atom. The lowest BCUT2D eigenvalue weighted by Crippen LogP contribution is -2.15. The molecule has 7 aromatic rings. The topological polar surface area (TPSA) is 6.48 Å². The van der Waals surface area contributed by atoms with Gasteiger partial charge < -0.3 is 9.80 Å². The third kappa shape index (κ3) is 8.94. The maximum absolute atomic E-state index is 2.42. The average molecular weight is 729 g/mol. The Hall–Kier alpha value is -6.38. The second kappa shape index (κ2) is 17.4. The summed E-state index contributed by atoms with van der Waals surface area (Å²) in [5.74, 6) is 0. The fourth-order valence-corrected chi connectivity index (χ4v) is 7.27. The van der Waals surface area contributed by atoms with Gasteiger partial charge in [-0.1, -0.05) is 164 Å². The van der Waals surface area contributed by atoms with E-state index in [1.165, 1.54) is 55.9 Å². The summed E-state index contributed by atoms with van der Waals surface area (Å²) in [5.41, 5.74) is 19.3. The van der Waals surface area contributed by atoms with Gasteiger partial charge in [-0.2, -0.15) is 0 Å². The van der Waals surface area contributed by atoms with Gasteiger partial charge in [0, 0.05) is 34.1 Å². The normalized spacial score (nSPS) is 11.4. The van der Waals surface area contributed by atoms with E-state index in [1.54, 1.807) is 0 Å². The van der Waals surface area contributed by atoms with Crippen LogP contribution in [-0.2, 0) is 12.8 Å². The molecular weight excluding hydrogens is 677 g/mol. The second-order valence-electron chi connectivity index (χ2n) is 14.8. The van der Waals surface area contributed by atoms with Crippen molar-refractivity contribution in [3.05, 3.63) is 213 Å². The Kier molecular flexibility index (Phi) is 11.8. The van der Waals surface area contributed by atoms with Crippen molar-refractivity contribution in [3.63, 3.8) is 0 Å². The van der Waals surface area contributed by atoms with Crippen LogP contribution in [-0.4, -0.2) is 0 Å². The molecule has 0 aliphatic carbocycles. The van der Waals surface area contributed by atoms with E-state index in [9.17, 15) is 0 Å². The predicted molar refractivity (Wildman–Crippen MR) is 244 cm³/mol. The minimum Gasteiger partial charge on any atom is -0.310 e. The van der Waals surface area contributed by atoms with Crippen LogP contribution in [0.1, 0.15) is 69.5 Å². The number of rotatable bonds is 12. The standard InChI is InChI=1S/C54H52N2/c1-7-47-36-41(5)16-34-53(47)55(49-30-26-45(27-31-49)24-22-43-18-12-39(3)13-19-43)51-10-9-11-52(38-51)56(54-35-17-42(6)37-48(54)8-2)50-32-28-46(29-33-50)25-23-44-20-14-40(4)15-21-44/h9-38H,7-8H2,1-6H3. The largest absolute Gasteiger partial charge is 0.310 e. The fraction of sp³-hybridized carbons (Fsp3) is 0.148. The molecule has 0 amide bonds. The summed E-state index contributed by atoms with van der Waals surface area (Å²) in [6.07, 6.45) is 10.6. The van der Waals surface area contributed by atoms with E-state index < -0.39 is 0 Å². The van der Waals surface area contributed by atoms with Crippen molar-refractivity contribution in [3.8, 4) is 0 Å². The van der Waals surface area contributed by atoms with Gasteiger partial charge in [-0.15, -0.1) is 0 Å². The molecule has 7 aromatic carbocycles. The zero-order valence-electron chi connectivity index (χ0n) is 33.6. The second-order valence-corrected chi connectivity index (χ2v) is 14.8. The molecule has 0 aliphatic heterocycles. The van der Waals surface area contributed by atoms with E-state index in [0.717, 1.165) is 46.7 Å². The van der Waals surface area contributed by atoms with E-state index in [0.29, 0.717) is 0 Å². The summed E-state index contributed by atoms with van der Waals surface area (Å²) in [6.45, 7) is 13.1. The van der Waals surface area contributed by atoms with Crippen molar-refractivity contribution in [2.45, 2.75) is 54.4 Å². The first-order chi connectivity index (χ1) is 27.3. The number of benzene rings is 7. The fourth-order valence-electron chi connectivity index (χ4n) is 7.27. The molecule has 0 bridgehead atoms. The van der Waals surface area contributed by atoms with E-state index in [4.69, 9.17) is 0 Å². The molecule has 0 radical (unpaired) electrons. The van der Waals surface area contributed by atoms with Crippen molar-refractivity contribution in [2.24, 2.45) is 0 Å². The number of hydrogen-bond acceptors (Lipinski definition) is 2. The molecule has 0 fully saturated rings. The van der Waals surface area contributed by atoms with Gasteiger partial charge in [-0.25, -0.2) is 0 Å². The molecule has 0 saturated heterocycles. The quantitative estimate of drug-likeness (QED) is 0.116. The molecular formula is C54H52N2. The third-order valence-corrected chi connectivity index (χ3v) is 10.5. The predicted octanol–water partition coefficient (Wildman–Crippen LogP) is 15.3. The Balaban J connectivity index is 1.30. The van der Waals surface area contributed by atoms with E-state index in [1.807, 2.05) is 0 Å². The summed E-state index contributed by atoms with van der Waals surface area (Å²) in [4.78, 5) is 4.84. The Labute approximate surface area is 334 Å². The molecule has 278 valence electrons. The number of aryl methyl sites for hydroxylation is 6. The maximum Gasteiger partial charge on any atom is 0.0493 e. The lowest BCUT2D eigenvalue weighted by atomic mass is 10.0. The highest BCUT2D eigenvalue weighted by Crippen LogP contribution is 2.43. The molecule has 7 rings (SSSR count). The van der Waals surface area contributed by atoms with Crippen LogP contribution >= 0.6 is 0 Å². The van der Waals surface area contributed by atoms with Gasteiger partial charge in [-0.05, 0) is 129 Å². The van der Waals surface area contributed by atoms with Crippen molar-refractivity contribution in [1.29, 1.82) is 0 Å². The first-order valence-corrected chi connectivity index (χ1v) is 19.9. The number of nitrogens with zero attached hydrogens (tertiary/aromatic N) is 2. The summed E-state index contributed by atoms with van der Waals surface area (Å²) in [7, 11) is 0. The third-order valence-electron chi connectivity index (χ3n) is 10.5. The Morgan fingerprint density at radius 2 is 0.661 bits per heavy atom. The van der Waals surface area contributed by atoms with Gasteiger partial charge in [0.2, 0.25) is 0 Å². The zero-order valence-corrected chi connectivity index (χ0v) is 33.6. The van der Waals surface area contributed by atoms with Crippen LogP contribution < -0.4 is 9.80 Å². The van der Waals surface area contributed by atoms with Gasteiger partial charge in [-0.3, -0.25) is 0 Å². The summed E-state index contributed by atoms with van der Waals surface area (Å²) >= 11 is 0. The van der Waals surface area contributed by atoms with Crippen LogP contribution in [0.3, 0.4) is 0 Å². The van der Waals surface area contributed by atoms with E-state index in [-0.39, 0.29) is 0 Å². The molecule has 0 heterocycles. The zero-order chi connectivity index (χ0) is 39.0. The number of hydrogen-bond donors (Lipinski definition) is 0. The van der Waals surface area contributed by atoms with Gasteiger partial charge >= 0.3 is 0 Å². The van der Waals surface area contributed by atoms with Crippen LogP contribution in [0.15, 0.2) is 158 Å². The van der Waals surface area contributed by atoms with E-state index >= 15 is 0 Å². The van der Waals surface area contributed by atoms with Gasteiger partial charge in [0.1, 0.15) is 0 Å². The van der Waals surface area contributed by atoms with Crippen molar-refractivity contribution in [2.75, 3.05) is 9.80 Å². The maximum atomic E-state index is 2.42. The first kappa shape index (κ1) is 37.9. The van der Waals surface area contributed by atoms with Crippen molar-refractivity contribution >= 4 is 58.4 Å². The Bertz CT molecular complexity index is 2280. The van der Waals surface area contributed by atoms with Gasteiger partial charge in [0.25, 0.3) is 0 Å². The molecule has 0 saturated carbocycles. The van der Waals surface area contributed by atoms with E-state index in [2.05, 4.69) is 233 Å². The highest BCUT2D eigenvalue weighted by atomic mass is 15.2. The minimum atomic E-state index is 0.935. The molecule has 0 spiro atoms. The lowest BCUT2D eigenvalue weighted by Gasteiger charge is -2.31. The van der Waals surface area contributed by atoms with Crippen LogP contribution in [0.25, 0.3) is 24.3 Å². The molecule has 0 aromatic heterocycles. The van der Waals surface area contributed by atoms with Gasteiger partial charge in [0.05, 0.1) is 0 Å². The summed E-state index contributed by atoms with van der Waals surface area (Å²) < 4.78 is 0. The molecule has 2 nitrogen and oxygen atoms in total. The SMILES string of the molecule is CCc1cc(C)ccc1N(c1ccc(C=Cc2ccc(C)cc2)cc1)c1cccc(N(c2ccc(C=Cc3ccc(C)cc3)cc2)c2ccc(C)cc2CC)c1. The minimum absolute atomic E-state index is 0.935. The van der Waals surface area contributed by atoms with Crippen molar-refractivity contribution < 1.29 is 0 Å². The molecule has 0 atom stereocenters. The summed E-state index contributed by atoms with van der Waals surface area (Å²) in [5, 5.41) is 0. The molecule has 2 heteroatoms. The Morgan fingerprint density at radius 3 is 1.00 bits per heavy atom. The first-order valence-electron chi connectivity index (χ1n) is 19.9. The average Bonchev–Trinajstić information content (AvgIpc) is 3.22. The monoisotopic (exact) mass is 728 g/mol. The number of anilines is 6. The van der Waals surface area contributed by atoms with Crippen LogP contribution in [0.4, 0.5) is 34.1 Å². The highest BCUT2D eigenvalue weighted by molar-refractivity contribution is 5.85. The van der Waals surface area contributed by atoms with Crippen LogP contribution in [0, 0.1) is 27.7 Å². The molecule has 0 N–H and O–H groups in total. The van der Waals surface area contributed by atoms with Crippen molar-refractivity contribution in [1.82, 2.24) is 0 Å². The molecule has 0 unspecified atom stereocenters. The lowest BCUT2D eigenvalue weighted by molar-refractivity contribution is 1.10. The molecule has 0 aliphatic rings. The van der Waals surface area contributed by atoms with Gasteiger partial charge in [0.15, 0.2) is 0 Å². The van der Waals surface area contributed by atoms with Crippen LogP contribution in [0.2, 0.25) is 0 Å². The van der Waals surface area contributed by atoms with Crippen LogP contribution in [0.5, 0.6) is 0 Å². The summed E-state index contributed by atoms with van der Waals surface area (Å²) in [6, 6.07) is 57.8. The highest BCUT2D eigenvalue weighted by Gasteiger charge is 2.20.